The van der Waals surface area contributed by atoms with Crippen molar-refractivity contribution < 1.29 is 14.3 Å². The zero-order valence-electron chi connectivity index (χ0n) is 18.1. The standard InChI is InChI=1S/C25H27N3O3S/c1-31-21-10-5-7-18(15-21)12-13-23(29)28-14-6-11-22(28)24(30)26-16-20-17-32-25(27-20)19-8-3-2-4-9-19/h2-5,7-10,15,17,22H,6,11-14,16H2,1H3,(H,26,30). The van der Waals surface area contributed by atoms with Crippen LogP contribution >= 0.6 is 11.3 Å². The van der Waals surface area contributed by atoms with Gasteiger partial charge in [-0.15, -0.1) is 11.3 Å². The van der Waals surface area contributed by atoms with Gasteiger partial charge in [-0.2, -0.15) is 0 Å². The van der Waals surface area contributed by atoms with Gasteiger partial charge in [0.1, 0.15) is 16.8 Å². The molecule has 3 aromatic rings. The van der Waals surface area contributed by atoms with Crippen LogP contribution < -0.4 is 10.1 Å². The van der Waals surface area contributed by atoms with Crippen molar-refractivity contribution >= 4 is 23.2 Å². The monoisotopic (exact) mass is 449 g/mol. The molecule has 1 fully saturated rings. The molecular weight excluding hydrogens is 422 g/mol. The molecule has 1 aromatic heterocycles. The molecule has 0 bridgehead atoms. The SMILES string of the molecule is COc1cccc(CCC(=O)N2CCCC2C(=O)NCc2csc(-c3ccccc3)n2)c1. The summed E-state index contributed by atoms with van der Waals surface area (Å²) in [4.78, 5) is 32.0. The maximum absolute atomic E-state index is 12.8. The zero-order valence-corrected chi connectivity index (χ0v) is 18.9. The van der Waals surface area contributed by atoms with E-state index in [4.69, 9.17) is 4.74 Å². The first-order valence-corrected chi connectivity index (χ1v) is 11.7. The number of rotatable bonds is 8. The highest BCUT2D eigenvalue weighted by Crippen LogP contribution is 2.24. The Morgan fingerprint density at radius 2 is 2.03 bits per heavy atom. The lowest BCUT2D eigenvalue weighted by Crippen LogP contribution is -2.45. The Labute approximate surface area is 192 Å². The van der Waals surface area contributed by atoms with E-state index in [1.54, 1.807) is 23.3 Å². The number of amides is 2. The Balaban J connectivity index is 1.30. The molecule has 1 N–H and O–H groups in total. The van der Waals surface area contributed by atoms with Crippen LogP contribution in [0.1, 0.15) is 30.5 Å². The first kappa shape index (κ1) is 22.0. The quantitative estimate of drug-likeness (QED) is 0.563. The van der Waals surface area contributed by atoms with Crippen LogP contribution in [-0.4, -0.2) is 41.4 Å². The largest absolute Gasteiger partial charge is 0.497 e. The number of nitrogens with zero attached hydrogens (tertiary/aromatic N) is 2. The van der Waals surface area contributed by atoms with Crippen molar-refractivity contribution in [2.75, 3.05) is 13.7 Å². The van der Waals surface area contributed by atoms with Gasteiger partial charge in [-0.25, -0.2) is 4.98 Å². The molecule has 2 heterocycles. The minimum atomic E-state index is -0.403. The van der Waals surface area contributed by atoms with Crippen LogP contribution in [0.25, 0.3) is 10.6 Å². The number of methoxy groups -OCH3 is 1. The average Bonchev–Trinajstić information content (AvgIpc) is 3.52. The van der Waals surface area contributed by atoms with E-state index in [9.17, 15) is 9.59 Å². The molecule has 166 valence electrons. The lowest BCUT2D eigenvalue weighted by atomic mass is 10.1. The Bertz CT molecular complexity index is 1070. The molecule has 0 radical (unpaired) electrons. The van der Waals surface area contributed by atoms with Crippen LogP contribution in [-0.2, 0) is 22.6 Å². The van der Waals surface area contributed by atoms with E-state index in [2.05, 4.69) is 10.3 Å². The van der Waals surface area contributed by atoms with Crippen molar-refractivity contribution in [3.8, 4) is 16.3 Å². The van der Waals surface area contributed by atoms with E-state index < -0.39 is 6.04 Å². The molecule has 0 aliphatic carbocycles. The molecule has 0 saturated carbocycles. The van der Waals surface area contributed by atoms with Gasteiger partial charge in [0.25, 0.3) is 0 Å². The van der Waals surface area contributed by atoms with Crippen LogP contribution in [0.3, 0.4) is 0 Å². The number of aromatic nitrogens is 1. The second kappa shape index (κ2) is 10.4. The molecule has 1 aliphatic rings. The van der Waals surface area contributed by atoms with Gasteiger partial charge < -0.3 is 15.0 Å². The van der Waals surface area contributed by atoms with Crippen molar-refractivity contribution in [2.45, 2.75) is 38.3 Å². The molecule has 7 heteroatoms. The highest BCUT2D eigenvalue weighted by molar-refractivity contribution is 7.13. The van der Waals surface area contributed by atoms with Crippen LogP contribution in [0.2, 0.25) is 0 Å². The van der Waals surface area contributed by atoms with Gasteiger partial charge in [-0.05, 0) is 37.0 Å². The molecule has 4 rings (SSSR count). The number of carbonyl (C=O) groups is 2. The van der Waals surface area contributed by atoms with E-state index >= 15 is 0 Å². The maximum atomic E-state index is 12.8. The van der Waals surface area contributed by atoms with E-state index in [0.29, 0.717) is 32.4 Å². The summed E-state index contributed by atoms with van der Waals surface area (Å²) in [6, 6.07) is 17.3. The van der Waals surface area contributed by atoms with Crippen LogP contribution in [0, 0.1) is 0 Å². The topological polar surface area (TPSA) is 71.5 Å². The summed E-state index contributed by atoms with van der Waals surface area (Å²) in [6.07, 6.45) is 2.55. The molecule has 6 nitrogen and oxygen atoms in total. The van der Waals surface area contributed by atoms with Crippen molar-refractivity contribution in [3.05, 3.63) is 71.2 Å². The van der Waals surface area contributed by atoms with Crippen LogP contribution in [0.4, 0.5) is 0 Å². The van der Waals surface area contributed by atoms with Crippen LogP contribution in [0.15, 0.2) is 60.0 Å². The van der Waals surface area contributed by atoms with Crippen molar-refractivity contribution in [1.29, 1.82) is 0 Å². The maximum Gasteiger partial charge on any atom is 0.243 e. The Morgan fingerprint density at radius 1 is 1.19 bits per heavy atom. The summed E-state index contributed by atoms with van der Waals surface area (Å²) in [6.45, 7) is 0.994. The summed E-state index contributed by atoms with van der Waals surface area (Å²) < 4.78 is 5.25. The molecule has 1 unspecified atom stereocenters. The fourth-order valence-electron chi connectivity index (χ4n) is 3.96. The van der Waals surface area contributed by atoms with Gasteiger partial charge >= 0.3 is 0 Å². The van der Waals surface area contributed by atoms with Gasteiger partial charge in [-0.1, -0.05) is 42.5 Å². The third-order valence-electron chi connectivity index (χ3n) is 5.65. The third-order valence-corrected chi connectivity index (χ3v) is 6.59. The lowest BCUT2D eigenvalue weighted by Gasteiger charge is -2.24. The number of hydrogen-bond acceptors (Lipinski definition) is 5. The molecule has 1 atom stereocenters. The fraction of sp³-hybridized carbons (Fsp3) is 0.320. The van der Waals surface area contributed by atoms with Gasteiger partial charge in [0.05, 0.1) is 19.3 Å². The summed E-state index contributed by atoms with van der Waals surface area (Å²) in [5, 5.41) is 5.88. The molecule has 1 saturated heterocycles. The number of hydrogen-bond donors (Lipinski definition) is 1. The third kappa shape index (κ3) is 5.34. The number of nitrogens with one attached hydrogen (secondary N) is 1. The second-order valence-corrected chi connectivity index (χ2v) is 8.68. The number of carbonyl (C=O) groups excluding carboxylic acids is 2. The Morgan fingerprint density at radius 3 is 2.84 bits per heavy atom. The number of ether oxygens (including phenoxy) is 1. The van der Waals surface area contributed by atoms with E-state index in [1.165, 1.54) is 0 Å². The lowest BCUT2D eigenvalue weighted by molar-refractivity contribution is -0.138. The summed E-state index contributed by atoms with van der Waals surface area (Å²) >= 11 is 1.56. The Hall–Kier alpha value is -3.19. The van der Waals surface area contributed by atoms with Crippen LogP contribution in [0.5, 0.6) is 5.75 Å². The summed E-state index contributed by atoms with van der Waals surface area (Å²) in [5.41, 5.74) is 2.95. The highest BCUT2D eigenvalue weighted by atomic mass is 32.1. The highest BCUT2D eigenvalue weighted by Gasteiger charge is 2.33. The minimum Gasteiger partial charge on any atom is -0.497 e. The van der Waals surface area contributed by atoms with E-state index in [1.807, 2.05) is 60.0 Å². The number of thiazole rings is 1. The normalized spacial score (nSPS) is 15.5. The minimum absolute atomic E-state index is 0.0190. The van der Waals surface area contributed by atoms with E-state index in [-0.39, 0.29) is 11.8 Å². The predicted octanol–water partition coefficient (Wildman–Crippen LogP) is 4.06. The molecular formula is C25H27N3O3S. The van der Waals surface area contributed by atoms with Gasteiger partial charge in [0, 0.05) is 23.9 Å². The van der Waals surface area contributed by atoms with Crippen molar-refractivity contribution in [2.24, 2.45) is 0 Å². The average molecular weight is 450 g/mol. The van der Waals surface area contributed by atoms with Gasteiger partial charge in [0.2, 0.25) is 11.8 Å². The molecule has 2 aromatic carbocycles. The fourth-order valence-corrected chi connectivity index (χ4v) is 4.78. The van der Waals surface area contributed by atoms with Gasteiger partial charge in [0.15, 0.2) is 0 Å². The first-order chi connectivity index (χ1) is 15.6. The summed E-state index contributed by atoms with van der Waals surface area (Å²) in [7, 11) is 1.63. The number of likely N-dealkylation sites (tertiary alicyclic amines) is 1. The molecule has 1 aliphatic heterocycles. The molecule has 2 amide bonds. The van der Waals surface area contributed by atoms with Crippen molar-refractivity contribution in [3.63, 3.8) is 0 Å². The van der Waals surface area contributed by atoms with Gasteiger partial charge in [-0.3, -0.25) is 9.59 Å². The molecule has 0 spiro atoms. The molecule has 32 heavy (non-hydrogen) atoms. The van der Waals surface area contributed by atoms with E-state index in [0.717, 1.165) is 34.0 Å². The first-order valence-electron chi connectivity index (χ1n) is 10.8. The zero-order chi connectivity index (χ0) is 22.3. The number of benzene rings is 2. The number of aryl methyl sites for hydroxylation is 1. The van der Waals surface area contributed by atoms with Crippen molar-refractivity contribution in [1.82, 2.24) is 15.2 Å². The second-order valence-electron chi connectivity index (χ2n) is 7.82. The summed E-state index contributed by atoms with van der Waals surface area (Å²) in [5.74, 6) is 0.697. The Kier molecular flexibility index (Phi) is 7.17. The predicted molar refractivity (Wildman–Crippen MR) is 125 cm³/mol. The smallest absolute Gasteiger partial charge is 0.243 e.